The molecule has 20 heavy (non-hydrogen) atoms. The summed E-state index contributed by atoms with van der Waals surface area (Å²) in [7, 11) is 0. The van der Waals surface area contributed by atoms with Crippen molar-refractivity contribution < 1.29 is 24.4 Å². The minimum Gasteiger partial charge on any atom is -0.481 e. The summed E-state index contributed by atoms with van der Waals surface area (Å²) >= 11 is 0. The van der Waals surface area contributed by atoms with E-state index >= 15 is 0 Å². The lowest BCUT2D eigenvalue weighted by Gasteiger charge is -2.08. The molecule has 1 aromatic carbocycles. The number of non-ortho nitro benzene ring substituents is 1. The van der Waals surface area contributed by atoms with E-state index in [1.807, 2.05) is 0 Å². The Morgan fingerprint density at radius 1 is 1.30 bits per heavy atom. The lowest BCUT2D eigenvalue weighted by molar-refractivity contribution is -0.384. The van der Waals surface area contributed by atoms with Gasteiger partial charge in [-0.3, -0.25) is 19.7 Å². The Morgan fingerprint density at radius 2 is 1.90 bits per heavy atom. The fourth-order valence-electron chi connectivity index (χ4n) is 1.59. The second-order valence-corrected chi connectivity index (χ2v) is 4.49. The Labute approximate surface area is 115 Å². The Kier molecular flexibility index (Phi) is 5.64. The SMILES string of the molecule is CC(CC(=O)O)CC(=O)OCc1ccc([N+](=O)[O-])cc1. The highest BCUT2D eigenvalue weighted by molar-refractivity contribution is 5.72. The maximum Gasteiger partial charge on any atom is 0.306 e. The second-order valence-electron chi connectivity index (χ2n) is 4.49. The van der Waals surface area contributed by atoms with Gasteiger partial charge in [0.15, 0.2) is 0 Å². The highest BCUT2D eigenvalue weighted by atomic mass is 16.6. The number of ether oxygens (including phenoxy) is 1. The number of nitrogens with zero attached hydrogens (tertiary/aromatic N) is 1. The molecular formula is C13H15NO6. The number of carbonyl (C=O) groups excluding carboxylic acids is 1. The highest BCUT2D eigenvalue weighted by Gasteiger charge is 2.14. The quantitative estimate of drug-likeness (QED) is 0.466. The zero-order chi connectivity index (χ0) is 15.1. The van der Waals surface area contributed by atoms with Gasteiger partial charge in [0, 0.05) is 25.0 Å². The van der Waals surface area contributed by atoms with Crippen LogP contribution in [0.3, 0.4) is 0 Å². The Hall–Kier alpha value is -2.44. The molecule has 0 aliphatic rings. The summed E-state index contributed by atoms with van der Waals surface area (Å²) in [6.45, 7) is 1.66. The molecule has 1 aromatic rings. The van der Waals surface area contributed by atoms with Crippen molar-refractivity contribution in [2.24, 2.45) is 5.92 Å². The molecule has 0 fully saturated rings. The molecule has 108 valence electrons. The van der Waals surface area contributed by atoms with Crippen molar-refractivity contribution in [2.75, 3.05) is 0 Å². The number of hydrogen-bond donors (Lipinski definition) is 1. The van der Waals surface area contributed by atoms with Gasteiger partial charge >= 0.3 is 11.9 Å². The normalized spacial score (nSPS) is 11.7. The molecule has 7 nitrogen and oxygen atoms in total. The van der Waals surface area contributed by atoms with Crippen LogP contribution in [-0.4, -0.2) is 22.0 Å². The third-order valence-electron chi connectivity index (χ3n) is 2.59. The number of rotatable bonds is 7. The molecule has 0 aliphatic heterocycles. The van der Waals surface area contributed by atoms with E-state index in [1.54, 1.807) is 6.92 Å². The van der Waals surface area contributed by atoms with Gasteiger partial charge in [-0.05, 0) is 23.6 Å². The number of carboxylic acid groups (broad SMARTS) is 1. The monoisotopic (exact) mass is 281 g/mol. The summed E-state index contributed by atoms with van der Waals surface area (Å²) in [6.07, 6.45) is -0.0636. The van der Waals surface area contributed by atoms with Gasteiger partial charge in [0.1, 0.15) is 6.61 Å². The molecule has 0 amide bonds. The standard InChI is InChI=1S/C13H15NO6/c1-9(6-12(15)16)7-13(17)20-8-10-2-4-11(5-3-10)14(18)19/h2-5,9H,6-8H2,1H3,(H,15,16). The summed E-state index contributed by atoms with van der Waals surface area (Å²) in [5.74, 6) is -1.74. The third-order valence-corrected chi connectivity index (χ3v) is 2.59. The molecule has 7 heteroatoms. The fraction of sp³-hybridized carbons (Fsp3) is 0.385. The molecule has 0 bridgehead atoms. The van der Waals surface area contributed by atoms with Crippen molar-refractivity contribution in [3.05, 3.63) is 39.9 Å². The summed E-state index contributed by atoms with van der Waals surface area (Å²) < 4.78 is 4.98. The van der Waals surface area contributed by atoms with Crippen LogP contribution < -0.4 is 0 Å². The van der Waals surface area contributed by atoms with Crippen LogP contribution in [0.5, 0.6) is 0 Å². The number of nitro benzene ring substituents is 1. The maximum atomic E-state index is 11.5. The van der Waals surface area contributed by atoms with Crippen LogP contribution in [-0.2, 0) is 20.9 Å². The number of nitro groups is 1. The molecule has 0 spiro atoms. The van der Waals surface area contributed by atoms with Crippen LogP contribution in [0.1, 0.15) is 25.3 Å². The minimum absolute atomic E-state index is 0.0105. The number of benzene rings is 1. The molecule has 1 atom stereocenters. The van der Waals surface area contributed by atoms with Gasteiger partial charge in [0.25, 0.3) is 5.69 Å². The maximum absolute atomic E-state index is 11.5. The van der Waals surface area contributed by atoms with E-state index in [4.69, 9.17) is 9.84 Å². The van der Waals surface area contributed by atoms with E-state index in [0.29, 0.717) is 5.56 Å². The predicted molar refractivity (Wildman–Crippen MR) is 68.9 cm³/mol. The molecule has 0 saturated carbocycles. The fourth-order valence-corrected chi connectivity index (χ4v) is 1.59. The van der Waals surface area contributed by atoms with Crippen LogP contribution >= 0.6 is 0 Å². The number of carboxylic acids is 1. The molecule has 1 N–H and O–H groups in total. The van der Waals surface area contributed by atoms with E-state index in [1.165, 1.54) is 24.3 Å². The van der Waals surface area contributed by atoms with Crippen LogP contribution in [0, 0.1) is 16.0 Å². The first-order valence-corrected chi connectivity index (χ1v) is 5.99. The molecule has 0 heterocycles. The van der Waals surface area contributed by atoms with Gasteiger partial charge < -0.3 is 9.84 Å². The number of aliphatic carboxylic acids is 1. The van der Waals surface area contributed by atoms with Crippen molar-refractivity contribution in [2.45, 2.75) is 26.4 Å². The molecule has 1 rings (SSSR count). The van der Waals surface area contributed by atoms with E-state index in [0.717, 1.165) is 0 Å². The summed E-state index contributed by atoms with van der Waals surface area (Å²) in [5, 5.41) is 19.0. The van der Waals surface area contributed by atoms with E-state index in [2.05, 4.69) is 0 Å². The van der Waals surface area contributed by atoms with Crippen molar-refractivity contribution in [1.29, 1.82) is 0 Å². The van der Waals surface area contributed by atoms with E-state index in [-0.39, 0.29) is 31.1 Å². The largest absolute Gasteiger partial charge is 0.481 e. The molecule has 0 aliphatic carbocycles. The summed E-state index contributed by atoms with van der Waals surface area (Å²) in [5.41, 5.74) is 0.602. The average Bonchev–Trinajstić information content (AvgIpc) is 2.35. The zero-order valence-electron chi connectivity index (χ0n) is 10.9. The molecular weight excluding hydrogens is 266 g/mol. The first-order chi connectivity index (χ1) is 9.38. The lowest BCUT2D eigenvalue weighted by atomic mass is 10.0. The van der Waals surface area contributed by atoms with Crippen LogP contribution in [0.2, 0.25) is 0 Å². The second kappa shape index (κ2) is 7.22. The molecule has 0 saturated heterocycles. The van der Waals surface area contributed by atoms with Crippen LogP contribution in [0.25, 0.3) is 0 Å². The summed E-state index contributed by atoms with van der Waals surface area (Å²) in [4.78, 5) is 31.9. The Bertz CT molecular complexity index is 496. The minimum atomic E-state index is -0.958. The van der Waals surface area contributed by atoms with Crippen LogP contribution in [0.4, 0.5) is 5.69 Å². The molecule has 0 radical (unpaired) electrons. The van der Waals surface area contributed by atoms with Crippen molar-refractivity contribution in [1.82, 2.24) is 0 Å². The van der Waals surface area contributed by atoms with E-state index < -0.39 is 16.9 Å². The van der Waals surface area contributed by atoms with Crippen molar-refractivity contribution >= 4 is 17.6 Å². The number of esters is 1. The highest BCUT2D eigenvalue weighted by Crippen LogP contribution is 2.14. The first-order valence-electron chi connectivity index (χ1n) is 5.99. The van der Waals surface area contributed by atoms with E-state index in [9.17, 15) is 19.7 Å². The lowest BCUT2D eigenvalue weighted by Crippen LogP contribution is -2.12. The smallest absolute Gasteiger partial charge is 0.306 e. The van der Waals surface area contributed by atoms with Crippen molar-refractivity contribution in [3.63, 3.8) is 0 Å². The Morgan fingerprint density at radius 3 is 2.40 bits per heavy atom. The molecule has 0 aromatic heterocycles. The van der Waals surface area contributed by atoms with Gasteiger partial charge in [-0.15, -0.1) is 0 Å². The average molecular weight is 281 g/mol. The van der Waals surface area contributed by atoms with Crippen LogP contribution in [0.15, 0.2) is 24.3 Å². The predicted octanol–water partition coefficient (Wildman–Crippen LogP) is 2.14. The first kappa shape index (κ1) is 15.6. The topological polar surface area (TPSA) is 107 Å². The molecule has 1 unspecified atom stereocenters. The zero-order valence-corrected chi connectivity index (χ0v) is 10.9. The number of carbonyl (C=O) groups is 2. The Balaban J connectivity index is 2.40. The third kappa shape index (κ3) is 5.47. The number of hydrogen-bond acceptors (Lipinski definition) is 5. The summed E-state index contributed by atoms with van der Waals surface area (Å²) in [6, 6.07) is 5.67. The van der Waals surface area contributed by atoms with Gasteiger partial charge in [0.2, 0.25) is 0 Å². The van der Waals surface area contributed by atoms with Gasteiger partial charge in [-0.25, -0.2) is 0 Å². The van der Waals surface area contributed by atoms with Gasteiger partial charge in [-0.1, -0.05) is 6.92 Å². The van der Waals surface area contributed by atoms with Gasteiger partial charge in [-0.2, -0.15) is 0 Å². The van der Waals surface area contributed by atoms with Crippen molar-refractivity contribution in [3.8, 4) is 0 Å². The van der Waals surface area contributed by atoms with Gasteiger partial charge in [0.05, 0.1) is 4.92 Å².